The van der Waals surface area contributed by atoms with Crippen molar-refractivity contribution < 1.29 is 4.74 Å². The Morgan fingerprint density at radius 3 is 2.57 bits per heavy atom. The van der Waals surface area contributed by atoms with Gasteiger partial charge in [-0.25, -0.2) is 0 Å². The Labute approximate surface area is 130 Å². The largest absolute Gasteiger partial charge is 0.374 e. The monoisotopic (exact) mass is 295 g/mol. The molecule has 0 saturated heterocycles. The van der Waals surface area contributed by atoms with Gasteiger partial charge in [0.2, 0.25) is 0 Å². The SMILES string of the molecule is CCNC(Cc1ccn(C(C)CC)n1)C(C)(CC)OCC. The fourth-order valence-electron chi connectivity index (χ4n) is 2.66. The number of hydrogen-bond acceptors (Lipinski definition) is 3. The lowest BCUT2D eigenvalue weighted by Crippen LogP contribution is -2.51. The van der Waals surface area contributed by atoms with E-state index in [0.29, 0.717) is 6.04 Å². The van der Waals surface area contributed by atoms with Crippen LogP contribution in [0.4, 0.5) is 0 Å². The fourth-order valence-corrected chi connectivity index (χ4v) is 2.66. The van der Waals surface area contributed by atoms with Gasteiger partial charge in [0.15, 0.2) is 0 Å². The van der Waals surface area contributed by atoms with Crippen LogP contribution in [0, 0.1) is 0 Å². The third kappa shape index (κ3) is 4.82. The number of rotatable bonds is 10. The molecule has 0 aliphatic rings. The second-order valence-corrected chi connectivity index (χ2v) is 5.96. The van der Waals surface area contributed by atoms with Gasteiger partial charge in [0.1, 0.15) is 0 Å². The standard InChI is InChI=1S/C17H33N3O/c1-7-14(5)20-12-11-15(19-20)13-16(18-9-3)17(6,8-2)21-10-4/h11-12,14,16,18H,7-10,13H2,1-6H3. The molecule has 0 saturated carbocycles. The third-order valence-electron chi connectivity index (χ3n) is 4.48. The number of ether oxygens (including phenoxy) is 1. The lowest BCUT2D eigenvalue weighted by Gasteiger charge is -2.37. The predicted molar refractivity (Wildman–Crippen MR) is 88.7 cm³/mol. The van der Waals surface area contributed by atoms with E-state index in [9.17, 15) is 0 Å². The summed E-state index contributed by atoms with van der Waals surface area (Å²) in [5, 5.41) is 8.32. The first-order valence-corrected chi connectivity index (χ1v) is 8.42. The molecule has 0 aliphatic heterocycles. The highest BCUT2D eigenvalue weighted by Crippen LogP contribution is 2.23. The molecule has 3 atom stereocenters. The number of aromatic nitrogens is 2. The zero-order valence-corrected chi connectivity index (χ0v) is 14.6. The van der Waals surface area contributed by atoms with E-state index in [1.54, 1.807) is 0 Å². The van der Waals surface area contributed by atoms with Gasteiger partial charge in [-0.2, -0.15) is 5.10 Å². The van der Waals surface area contributed by atoms with Crippen LogP contribution >= 0.6 is 0 Å². The first-order chi connectivity index (χ1) is 10.0. The highest BCUT2D eigenvalue weighted by molar-refractivity contribution is 5.05. The highest BCUT2D eigenvalue weighted by Gasteiger charge is 2.33. The van der Waals surface area contributed by atoms with Crippen LogP contribution in [-0.4, -0.2) is 34.6 Å². The molecule has 1 aromatic heterocycles. The Hall–Kier alpha value is -0.870. The molecule has 1 aromatic rings. The second kappa shape index (κ2) is 8.54. The van der Waals surface area contributed by atoms with Gasteiger partial charge in [-0.3, -0.25) is 4.68 Å². The molecule has 122 valence electrons. The molecule has 0 spiro atoms. The quantitative estimate of drug-likeness (QED) is 0.717. The maximum Gasteiger partial charge on any atom is 0.0807 e. The zero-order chi connectivity index (χ0) is 15.9. The summed E-state index contributed by atoms with van der Waals surface area (Å²) >= 11 is 0. The van der Waals surface area contributed by atoms with E-state index in [4.69, 9.17) is 9.84 Å². The van der Waals surface area contributed by atoms with Crippen molar-refractivity contribution in [2.24, 2.45) is 0 Å². The maximum atomic E-state index is 6.04. The lowest BCUT2D eigenvalue weighted by atomic mass is 9.89. The van der Waals surface area contributed by atoms with E-state index in [1.165, 1.54) is 0 Å². The Morgan fingerprint density at radius 1 is 1.33 bits per heavy atom. The summed E-state index contributed by atoms with van der Waals surface area (Å²) < 4.78 is 8.12. The van der Waals surface area contributed by atoms with Crippen LogP contribution in [0.5, 0.6) is 0 Å². The molecule has 0 amide bonds. The Kier molecular flexibility index (Phi) is 7.40. The topological polar surface area (TPSA) is 39.1 Å². The highest BCUT2D eigenvalue weighted by atomic mass is 16.5. The van der Waals surface area contributed by atoms with Crippen molar-refractivity contribution in [3.05, 3.63) is 18.0 Å². The minimum absolute atomic E-state index is 0.148. The van der Waals surface area contributed by atoms with E-state index < -0.39 is 0 Å². The van der Waals surface area contributed by atoms with Crippen LogP contribution < -0.4 is 5.32 Å². The van der Waals surface area contributed by atoms with E-state index in [-0.39, 0.29) is 11.6 Å². The molecule has 1 N–H and O–H groups in total. The van der Waals surface area contributed by atoms with Gasteiger partial charge in [0.05, 0.1) is 11.3 Å². The first-order valence-electron chi connectivity index (χ1n) is 8.42. The van der Waals surface area contributed by atoms with Crippen LogP contribution in [0.15, 0.2) is 12.3 Å². The minimum Gasteiger partial charge on any atom is -0.374 e. The lowest BCUT2D eigenvalue weighted by molar-refractivity contribution is -0.0549. The molecular formula is C17H33N3O. The van der Waals surface area contributed by atoms with Crippen LogP contribution in [0.3, 0.4) is 0 Å². The van der Waals surface area contributed by atoms with Crippen LogP contribution in [0.1, 0.15) is 66.1 Å². The molecular weight excluding hydrogens is 262 g/mol. The zero-order valence-electron chi connectivity index (χ0n) is 14.6. The number of nitrogens with zero attached hydrogens (tertiary/aromatic N) is 2. The van der Waals surface area contributed by atoms with Crippen LogP contribution in [-0.2, 0) is 11.2 Å². The van der Waals surface area contributed by atoms with Crippen molar-refractivity contribution >= 4 is 0 Å². The summed E-state index contributed by atoms with van der Waals surface area (Å²) in [5.41, 5.74) is 0.992. The van der Waals surface area contributed by atoms with Crippen molar-refractivity contribution in [3.63, 3.8) is 0 Å². The number of hydrogen-bond donors (Lipinski definition) is 1. The van der Waals surface area contributed by atoms with Gasteiger partial charge >= 0.3 is 0 Å². The van der Waals surface area contributed by atoms with Gasteiger partial charge in [-0.1, -0.05) is 20.8 Å². The van der Waals surface area contributed by atoms with E-state index in [0.717, 1.165) is 38.1 Å². The van der Waals surface area contributed by atoms with Gasteiger partial charge < -0.3 is 10.1 Å². The Morgan fingerprint density at radius 2 is 2.05 bits per heavy atom. The van der Waals surface area contributed by atoms with Crippen molar-refractivity contribution in [1.82, 2.24) is 15.1 Å². The molecule has 21 heavy (non-hydrogen) atoms. The summed E-state index contributed by atoms with van der Waals surface area (Å²) in [4.78, 5) is 0. The van der Waals surface area contributed by atoms with Gasteiger partial charge in [-0.15, -0.1) is 0 Å². The predicted octanol–water partition coefficient (Wildman–Crippen LogP) is 3.58. The average molecular weight is 295 g/mol. The molecule has 0 aliphatic carbocycles. The summed E-state index contributed by atoms with van der Waals surface area (Å²) in [5.74, 6) is 0. The molecule has 4 nitrogen and oxygen atoms in total. The summed E-state index contributed by atoms with van der Waals surface area (Å²) in [6, 6.07) is 2.88. The van der Waals surface area contributed by atoms with Crippen LogP contribution in [0.25, 0.3) is 0 Å². The number of nitrogens with one attached hydrogen (secondary N) is 1. The summed E-state index contributed by atoms with van der Waals surface area (Å²) in [7, 11) is 0. The average Bonchev–Trinajstić information content (AvgIpc) is 2.94. The van der Waals surface area contributed by atoms with Crippen LogP contribution in [0.2, 0.25) is 0 Å². The first kappa shape index (κ1) is 18.2. The fraction of sp³-hybridized carbons (Fsp3) is 0.824. The molecule has 3 unspecified atom stereocenters. The van der Waals surface area contributed by atoms with E-state index >= 15 is 0 Å². The summed E-state index contributed by atoms with van der Waals surface area (Å²) in [6.45, 7) is 14.7. The van der Waals surface area contributed by atoms with Gasteiger partial charge in [-0.05, 0) is 46.2 Å². The molecule has 0 bridgehead atoms. The number of likely N-dealkylation sites (N-methyl/N-ethyl adjacent to an activating group) is 1. The second-order valence-electron chi connectivity index (χ2n) is 5.96. The Balaban J connectivity index is 2.84. The summed E-state index contributed by atoms with van der Waals surface area (Å²) in [6.07, 6.45) is 5.09. The minimum atomic E-state index is -0.148. The van der Waals surface area contributed by atoms with Crippen molar-refractivity contribution in [2.75, 3.05) is 13.2 Å². The van der Waals surface area contributed by atoms with E-state index in [2.05, 4.69) is 63.8 Å². The molecule has 1 rings (SSSR count). The van der Waals surface area contributed by atoms with Crippen molar-refractivity contribution in [1.29, 1.82) is 0 Å². The van der Waals surface area contributed by atoms with Gasteiger partial charge in [0, 0.05) is 31.3 Å². The molecule has 0 radical (unpaired) electrons. The molecule has 0 fully saturated rings. The van der Waals surface area contributed by atoms with Gasteiger partial charge in [0.25, 0.3) is 0 Å². The van der Waals surface area contributed by atoms with E-state index in [1.807, 2.05) is 0 Å². The van der Waals surface area contributed by atoms with Crippen molar-refractivity contribution in [2.45, 2.75) is 78.5 Å². The maximum absolute atomic E-state index is 6.04. The van der Waals surface area contributed by atoms with Crippen molar-refractivity contribution in [3.8, 4) is 0 Å². The molecule has 1 heterocycles. The smallest absolute Gasteiger partial charge is 0.0807 e. The normalized spacial score (nSPS) is 17.4. The third-order valence-corrected chi connectivity index (χ3v) is 4.48. The Bertz CT molecular complexity index is 404. The molecule has 4 heteroatoms. The molecule has 0 aromatic carbocycles.